The molecule has 120 valence electrons. The van der Waals surface area contributed by atoms with Gasteiger partial charge in [0.25, 0.3) is 0 Å². The summed E-state index contributed by atoms with van der Waals surface area (Å²) in [6.07, 6.45) is 8.52. The van der Waals surface area contributed by atoms with E-state index in [-0.39, 0.29) is 0 Å². The first-order valence-electron chi connectivity index (χ1n) is 8.77. The van der Waals surface area contributed by atoms with Crippen LogP contribution in [0.25, 0.3) is 0 Å². The van der Waals surface area contributed by atoms with E-state index in [0.29, 0.717) is 18.2 Å². The molecule has 3 heteroatoms. The molecular weight excluding hydrogens is 248 g/mol. The molecule has 0 aromatic heterocycles. The van der Waals surface area contributed by atoms with Crippen molar-refractivity contribution < 1.29 is 4.74 Å². The lowest BCUT2D eigenvalue weighted by atomic mass is 10.1. The molecule has 0 aromatic rings. The first-order chi connectivity index (χ1) is 9.67. The molecule has 0 radical (unpaired) electrons. The Kier molecular flexibility index (Phi) is 9.49. The fourth-order valence-electron chi connectivity index (χ4n) is 2.89. The summed E-state index contributed by atoms with van der Waals surface area (Å²) in [4.78, 5) is 2.60. The maximum Gasteiger partial charge on any atom is 0.0707 e. The Balaban J connectivity index is 2.24. The van der Waals surface area contributed by atoms with Crippen LogP contribution in [0.2, 0.25) is 0 Å². The molecule has 1 N–H and O–H groups in total. The first kappa shape index (κ1) is 17.9. The maximum atomic E-state index is 6.19. The molecule has 1 aliphatic heterocycles. The van der Waals surface area contributed by atoms with Gasteiger partial charge in [-0.25, -0.2) is 0 Å². The second-order valence-electron chi connectivity index (χ2n) is 6.46. The zero-order valence-corrected chi connectivity index (χ0v) is 14.2. The lowest BCUT2D eigenvalue weighted by molar-refractivity contribution is 0.0170. The van der Waals surface area contributed by atoms with Crippen molar-refractivity contribution in [1.29, 1.82) is 0 Å². The monoisotopic (exact) mass is 284 g/mol. The third kappa shape index (κ3) is 7.05. The molecule has 0 bridgehead atoms. The van der Waals surface area contributed by atoms with E-state index in [2.05, 4.69) is 37.9 Å². The van der Waals surface area contributed by atoms with Crippen molar-refractivity contribution in [2.75, 3.05) is 26.2 Å². The van der Waals surface area contributed by atoms with Gasteiger partial charge in [-0.1, -0.05) is 26.7 Å². The highest BCUT2D eigenvalue weighted by molar-refractivity contribution is 4.79. The number of hydrogen-bond acceptors (Lipinski definition) is 3. The van der Waals surface area contributed by atoms with Gasteiger partial charge in [0.15, 0.2) is 0 Å². The molecule has 1 saturated heterocycles. The predicted octanol–water partition coefficient (Wildman–Crippen LogP) is 3.43. The number of hydrogen-bond donors (Lipinski definition) is 1. The summed E-state index contributed by atoms with van der Waals surface area (Å²) < 4.78 is 6.19. The first-order valence-corrected chi connectivity index (χ1v) is 8.77. The molecule has 1 fully saturated rings. The van der Waals surface area contributed by atoms with Crippen LogP contribution < -0.4 is 5.32 Å². The van der Waals surface area contributed by atoms with Crippen LogP contribution in [0.15, 0.2) is 0 Å². The van der Waals surface area contributed by atoms with E-state index in [9.17, 15) is 0 Å². The van der Waals surface area contributed by atoms with Crippen molar-refractivity contribution in [3.63, 3.8) is 0 Å². The van der Waals surface area contributed by atoms with E-state index in [1.54, 1.807) is 0 Å². The van der Waals surface area contributed by atoms with Gasteiger partial charge in [0.05, 0.1) is 12.2 Å². The number of nitrogens with one attached hydrogen (secondary N) is 1. The van der Waals surface area contributed by atoms with Crippen molar-refractivity contribution in [3.05, 3.63) is 0 Å². The minimum Gasteiger partial charge on any atom is -0.372 e. The smallest absolute Gasteiger partial charge is 0.0707 e. The van der Waals surface area contributed by atoms with Crippen LogP contribution >= 0.6 is 0 Å². The number of rotatable bonds is 11. The molecule has 0 spiro atoms. The molecular formula is C17H36N2O. The number of ether oxygens (including phenoxy) is 1. The fourth-order valence-corrected chi connectivity index (χ4v) is 2.89. The third-order valence-corrected chi connectivity index (χ3v) is 4.21. The van der Waals surface area contributed by atoms with E-state index >= 15 is 0 Å². The predicted molar refractivity (Wildman–Crippen MR) is 87.3 cm³/mol. The molecule has 1 aliphatic rings. The van der Waals surface area contributed by atoms with Gasteiger partial charge >= 0.3 is 0 Å². The van der Waals surface area contributed by atoms with Crippen molar-refractivity contribution in [2.45, 2.75) is 84.5 Å². The minimum atomic E-state index is 0.441. The van der Waals surface area contributed by atoms with Gasteiger partial charge < -0.3 is 10.1 Å². The Bertz CT molecular complexity index is 233. The Labute approximate surface area is 126 Å². The van der Waals surface area contributed by atoms with Gasteiger partial charge in [-0.3, -0.25) is 4.90 Å². The second-order valence-corrected chi connectivity index (χ2v) is 6.46. The minimum absolute atomic E-state index is 0.441. The Morgan fingerprint density at radius 2 is 1.85 bits per heavy atom. The Morgan fingerprint density at radius 1 is 1.10 bits per heavy atom. The zero-order chi connectivity index (χ0) is 14.8. The summed E-state index contributed by atoms with van der Waals surface area (Å²) in [5.41, 5.74) is 0. The maximum absolute atomic E-state index is 6.19. The quantitative estimate of drug-likeness (QED) is 0.588. The second kappa shape index (κ2) is 10.6. The Hall–Kier alpha value is -0.120. The molecule has 0 saturated carbocycles. The number of nitrogens with zero attached hydrogens (tertiary/aromatic N) is 1. The van der Waals surface area contributed by atoms with Crippen LogP contribution in [-0.4, -0.2) is 49.3 Å². The van der Waals surface area contributed by atoms with Gasteiger partial charge in [0.1, 0.15) is 0 Å². The van der Waals surface area contributed by atoms with Crippen molar-refractivity contribution in [3.8, 4) is 0 Å². The van der Waals surface area contributed by atoms with E-state index < -0.39 is 0 Å². The summed E-state index contributed by atoms with van der Waals surface area (Å²) in [7, 11) is 0. The van der Waals surface area contributed by atoms with Crippen molar-refractivity contribution >= 4 is 0 Å². The summed E-state index contributed by atoms with van der Waals surface area (Å²) >= 11 is 0. The molecule has 0 amide bonds. The molecule has 3 nitrogen and oxygen atoms in total. The molecule has 2 atom stereocenters. The van der Waals surface area contributed by atoms with E-state index in [4.69, 9.17) is 4.74 Å². The Morgan fingerprint density at radius 3 is 2.50 bits per heavy atom. The van der Waals surface area contributed by atoms with Gasteiger partial charge in [-0.15, -0.1) is 0 Å². The van der Waals surface area contributed by atoms with E-state index in [1.165, 1.54) is 45.1 Å². The SMILES string of the molecule is CCCCCN(CC1CCC(CNCCC)O1)C(C)C. The molecule has 2 unspecified atom stereocenters. The van der Waals surface area contributed by atoms with Crippen molar-refractivity contribution in [1.82, 2.24) is 10.2 Å². The highest BCUT2D eigenvalue weighted by Gasteiger charge is 2.27. The van der Waals surface area contributed by atoms with Crippen LogP contribution in [0.5, 0.6) is 0 Å². The van der Waals surface area contributed by atoms with Crippen LogP contribution in [0.3, 0.4) is 0 Å². The van der Waals surface area contributed by atoms with Crippen LogP contribution in [-0.2, 0) is 4.74 Å². The number of unbranched alkanes of at least 4 members (excludes halogenated alkanes) is 2. The van der Waals surface area contributed by atoms with Crippen molar-refractivity contribution in [2.24, 2.45) is 0 Å². The summed E-state index contributed by atoms with van der Waals surface area (Å²) in [6.45, 7) is 13.6. The highest BCUT2D eigenvalue weighted by Crippen LogP contribution is 2.21. The highest BCUT2D eigenvalue weighted by atomic mass is 16.5. The third-order valence-electron chi connectivity index (χ3n) is 4.21. The van der Waals surface area contributed by atoms with Gasteiger partial charge in [0.2, 0.25) is 0 Å². The van der Waals surface area contributed by atoms with Gasteiger partial charge in [-0.2, -0.15) is 0 Å². The molecule has 1 rings (SSSR count). The standard InChI is InChI=1S/C17H36N2O/c1-5-7-8-12-19(15(3)4)14-17-10-9-16(20-17)13-18-11-6-2/h15-18H,5-14H2,1-4H3. The average Bonchev–Trinajstić information content (AvgIpc) is 2.86. The van der Waals surface area contributed by atoms with Crippen LogP contribution in [0, 0.1) is 0 Å². The molecule has 0 aliphatic carbocycles. The van der Waals surface area contributed by atoms with Gasteiger partial charge in [-0.05, 0) is 52.6 Å². The fraction of sp³-hybridized carbons (Fsp3) is 1.00. The van der Waals surface area contributed by atoms with Crippen LogP contribution in [0.1, 0.15) is 66.2 Å². The average molecular weight is 284 g/mol. The topological polar surface area (TPSA) is 24.5 Å². The lowest BCUT2D eigenvalue weighted by Crippen LogP contribution is -2.39. The summed E-state index contributed by atoms with van der Waals surface area (Å²) in [5.74, 6) is 0. The lowest BCUT2D eigenvalue weighted by Gasteiger charge is -2.29. The molecule has 1 heterocycles. The van der Waals surface area contributed by atoms with Gasteiger partial charge in [0, 0.05) is 19.1 Å². The normalized spacial score (nSPS) is 23.1. The zero-order valence-electron chi connectivity index (χ0n) is 14.2. The molecule has 0 aromatic carbocycles. The van der Waals surface area contributed by atoms with E-state index in [0.717, 1.165) is 19.6 Å². The summed E-state index contributed by atoms with van der Waals surface area (Å²) in [5, 5.41) is 3.48. The largest absolute Gasteiger partial charge is 0.372 e. The van der Waals surface area contributed by atoms with E-state index in [1.807, 2.05) is 0 Å². The van der Waals surface area contributed by atoms with Crippen LogP contribution in [0.4, 0.5) is 0 Å². The summed E-state index contributed by atoms with van der Waals surface area (Å²) in [6, 6.07) is 0.632. The molecule has 20 heavy (non-hydrogen) atoms.